The van der Waals surface area contributed by atoms with Gasteiger partial charge >= 0.3 is 5.97 Å². The van der Waals surface area contributed by atoms with Gasteiger partial charge in [-0.15, -0.1) is 0 Å². The first-order chi connectivity index (χ1) is 8.66. The maximum absolute atomic E-state index is 10.6. The highest BCUT2D eigenvalue weighted by atomic mass is 35.5. The number of carboxylic acids is 1. The minimum Gasteiger partial charge on any atom is -0.478 e. The largest absolute Gasteiger partial charge is 0.478 e. The third-order valence-electron chi connectivity index (χ3n) is 2.80. The molecule has 0 bridgehead atoms. The molecule has 0 saturated heterocycles. The van der Waals surface area contributed by atoms with E-state index in [1.165, 1.54) is 0 Å². The van der Waals surface area contributed by atoms with Gasteiger partial charge in [-0.1, -0.05) is 29.8 Å². The number of aliphatic carboxylic acids is 1. The first kappa shape index (κ1) is 12.7. The summed E-state index contributed by atoms with van der Waals surface area (Å²) in [5.74, 6) is -0.950. The topological polar surface area (TPSA) is 40.5 Å². The number of carboxylic acid groups (broad SMARTS) is 1. The first-order valence-corrected chi connectivity index (χ1v) is 6.15. The Labute approximate surface area is 111 Å². The molecule has 0 aromatic heterocycles. The average molecular weight is 264 g/mol. The van der Waals surface area contributed by atoms with Gasteiger partial charge in [0.2, 0.25) is 0 Å². The second kappa shape index (κ2) is 5.74. The second-order valence-corrected chi connectivity index (χ2v) is 4.52. The third-order valence-corrected chi connectivity index (χ3v) is 3.03. The van der Waals surface area contributed by atoms with Crippen LogP contribution in [-0.4, -0.2) is 24.2 Å². The number of anilines is 1. The molecule has 1 heterocycles. The van der Waals surface area contributed by atoms with Crippen molar-refractivity contribution in [3.63, 3.8) is 0 Å². The van der Waals surface area contributed by atoms with Crippen LogP contribution in [0.5, 0.6) is 0 Å². The van der Waals surface area contributed by atoms with Gasteiger partial charge in [0, 0.05) is 29.9 Å². The molecule has 0 fully saturated rings. The fourth-order valence-corrected chi connectivity index (χ4v) is 2.12. The lowest BCUT2D eigenvalue weighted by atomic mass is 10.1. The summed E-state index contributed by atoms with van der Waals surface area (Å²) in [7, 11) is 0. The molecule has 0 amide bonds. The Morgan fingerprint density at radius 2 is 2.22 bits per heavy atom. The van der Waals surface area contributed by atoms with Crippen molar-refractivity contribution in [1.82, 2.24) is 0 Å². The molecule has 0 spiro atoms. The fraction of sp³-hybridized carbons (Fsp3) is 0.214. The Morgan fingerprint density at radius 3 is 2.89 bits per heavy atom. The molecule has 1 aromatic carbocycles. The standard InChI is InChI=1S/C14H14ClNO2/c15-12-6-4-11(5-7-14(17)18)13(10-12)16-8-2-1-3-9-16/h1-2,4-7,10H,3,8-9H2,(H,17,18)/b7-5+. The Bertz CT molecular complexity index is 509. The maximum Gasteiger partial charge on any atom is 0.328 e. The first-order valence-electron chi connectivity index (χ1n) is 5.77. The molecule has 18 heavy (non-hydrogen) atoms. The molecular weight excluding hydrogens is 250 g/mol. The van der Waals surface area contributed by atoms with E-state index in [0.29, 0.717) is 5.02 Å². The molecule has 0 saturated carbocycles. The van der Waals surface area contributed by atoms with Gasteiger partial charge in [-0.25, -0.2) is 4.79 Å². The summed E-state index contributed by atoms with van der Waals surface area (Å²) < 4.78 is 0. The van der Waals surface area contributed by atoms with Crippen LogP contribution in [0.3, 0.4) is 0 Å². The Hall–Kier alpha value is -1.74. The minimum atomic E-state index is -0.950. The Kier molecular flexibility index (Phi) is 4.05. The van der Waals surface area contributed by atoms with Gasteiger partial charge in [-0.05, 0) is 30.2 Å². The van der Waals surface area contributed by atoms with Gasteiger partial charge in [0.1, 0.15) is 0 Å². The van der Waals surface area contributed by atoms with Crippen LogP contribution in [0.15, 0.2) is 36.4 Å². The molecule has 94 valence electrons. The van der Waals surface area contributed by atoms with Crippen molar-refractivity contribution in [3.8, 4) is 0 Å². The van der Waals surface area contributed by atoms with E-state index < -0.39 is 5.97 Å². The predicted molar refractivity (Wildman–Crippen MR) is 74.1 cm³/mol. The number of nitrogens with zero attached hydrogens (tertiary/aromatic N) is 1. The summed E-state index contributed by atoms with van der Waals surface area (Å²) in [6.45, 7) is 1.75. The van der Waals surface area contributed by atoms with Gasteiger partial charge in [0.05, 0.1) is 0 Å². The van der Waals surface area contributed by atoms with Crippen molar-refractivity contribution in [2.45, 2.75) is 6.42 Å². The van der Waals surface area contributed by atoms with Crippen LogP contribution < -0.4 is 4.90 Å². The minimum absolute atomic E-state index is 0.659. The lowest BCUT2D eigenvalue weighted by Gasteiger charge is -2.27. The molecular formula is C14H14ClNO2. The molecule has 0 radical (unpaired) electrons. The summed E-state index contributed by atoms with van der Waals surface area (Å²) in [6.07, 6.45) is 8.00. The third kappa shape index (κ3) is 3.14. The summed E-state index contributed by atoms with van der Waals surface area (Å²) >= 11 is 6.01. The highest BCUT2D eigenvalue weighted by Crippen LogP contribution is 2.27. The van der Waals surface area contributed by atoms with E-state index in [2.05, 4.69) is 17.1 Å². The molecule has 2 rings (SSSR count). The summed E-state index contributed by atoms with van der Waals surface area (Å²) in [5.41, 5.74) is 1.85. The van der Waals surface area contributed by atoms with E-state index in [-0.39, 0.29) is 0 Å². The Balaban J connectivity index is 2.33. The zero-order valence-electron chi connectivity index (χ0n) is 9.84. The van der Waals surface area contributed by atoms with Gasteiger partial charge in [0.25, 0.3) is 0 Å². The second-order valence-electron chi connectivity index (χ2n) is 4.08. The lowest BCUT2D eigenvalue weighted by Crippen LogP contribution is -2.27. The molecule has 1 aliphatic heterocycles. The molecule has 1 N–H and O–H groups in total. The van der Waals surface area contributed by atoms with Crippen molar-refractivity contribution in [2.75, 3.05) is 18.0 Å². The van der Waals surface area contributed by atoms with Crippen LogP contribution in [0.25, 0.3) is 6.08 Å². The van der Waals surface area contributed by atoms with Crippen molar-refractivity contribution >= 4 is 29.3 Å². The maximum atomic E-state index is 10.6. The average Bonchev–Trinajstić information content (AvgIpc) is 2.38. The van der Waals surface area contributed by atoms with Gasteiger partial charge in [0.15, 0.2) is 0 Å². The molecule has 3 nitrogen and oxygen atoms in total. The van der Waals surface area contributed by atoms with Crippen LogP contribution >= 0.6 is 11.6 Å². The van der Waals surface area contributed by atoms with Crippen LogP contribution in [0.1, 0.15) is 12.0 Å². The fourth-order valence-electron chi connectivity index (χ4n) is 1.95. The number of hydrogen-bond donors (Lipinski definition) is 1. The van der Waals surface area contributed by atoms with Crippen molar-refractivity contribution < 1.29 is 9.90 Å². The van der Waals surface area contributed by atoms with Gasteiger partial charge in [-0.2, -0.15) is 0 Å². The number of hydrogen-bond acceptors (Lipinski definition) is 2. The Morgan fingerprint density at radius 1 is 1.39 bits per heavy atom. The van der Waals surface area contributed by atoms with E-state index in [1.807, 2.05) is 12.1 Å². The SMILES string of the molecule is O=C(O)/C=C/c1ccc(Cl)cc1N1CC=CCC1. The van der Waals surface area contributed by atoms with Crippen molar-refractivity contribution in [1.29, 1.82) is 0 Å². The van der Waals surface area contributed by atoms with Crippen LogP contribution in [0.4, 0.5) is 5.69 Å². The molecule has 0 atom stereocenters. The summed E-state index contributed by atoms with van der Waals surface area (Å²) in [5, 5.41) is 9.35. The van der Waals surface area contributed by atoms with Crippen molar-refractivity contribution in [2.24, 2.45) is 0 Å². The summed E-state index contributed by atoms with van der Waals surface area (Å²) in [6, 6.07) is 5.49. The molecule has 1 aliphatic rings. The van der Waals surface area contributed by atoms with E-state index >= 15 is 0 Å². The molecule has 0 unspecified atom stereocenters. The highest BCUT2D eigenvalue weighted by Gasteiger charge is 2.11. The zero-order chi connectivity index (χ0) is 13.0. The van der Waals surface area contributed by atoms with Crippen molar-refractivity contribution in [3.05, 3.63) is 47.0 Å². The molecule has 0 aliphatic carbocycles. The van der Waals surface area contributed by atoms with Gasteiger partial charge < -0.3 is 10.0 Å². The predicted octanol–water partition coefficient (Wildman–Crippen LogP) is 3.20. The summed E-state index contributed by atoms with van der Waals surface area (Å²) in [4.78, 5) is 12.8. The monoisotopic (exact) mass is 263 g/mol. The zero-order valence-corrected chi connectivity index (χ0v) is 10.6. The van der Waals surface area contributed by atoms with E-state index in [9.17, 15) is 4.79 Å². The smallest absolute Gasteiger partial charge is 0.328 e. The number of carbonyl (C=O) groups is 1. The van der Waals surface area contributed by atoms with E-state index in [0.717, 1.165) is 36.8 Å². The lowest BCUT2D eigenvalue weighted by molar-refractivity contribution is -0.131. The van der Waals surface area contributed by atoms with Crippen LogP contribution in [0, 0.1) is 0 Å². The quantitative estimate of drug-likeness (QED) is 0.672. The highest BCUT2D eigenvalue weighted by molar-refractivity contribution is 6.31. The normalized spacial score (nSPS) is 15.3. The van der Waals surface area contributed by atoms with Gasteiger partial charge in [-0.3, -0.25) is 0 Å². The van der Waals surface area contributed by atoms with E-state index in [4.69, 9.17) is 16.7 Å². The van der Waals surface area contributed by atoms with Crippen LogP contribution in [0.2, 0.25) is 5.02 Å². The number of rotatable bonds is 3. The number of benzene rings is 1. The van der Waals surface area contributed by atoms with Crippen LogP contribution in [-0.2, 0) is 4.79 Å². The van der Waals surface area contributed by atoms with E-state index in [1.54, 1.807) is 12.1 Å². The molecule has 1 aromatic rings. The molecule has 4 heteroatoms. The number of halogens is 1.